The molecule has 2 nitrogen and oxygen atoms in total. The number of methoxy groups -OCH3 is 2. The summed E-state index contributed by atoms with van der Waals surface area (Å²) in [6, 6.07) is 0. The highest BCUT2D eigenvalue weighted by atomic mass is 16.7. The van der Waals surface area contributed by atoms with Crippen molar-refractivity contribution in [3.8, 4) is 0 Å². The zero-order valence-corrected chi connectivity index (χ0v) is 17.5. The summed E-state index contributed by atoms with van der Waals surface area (Å²) in [7, 11) is 3.61. The van der Waals surface area contributed by atoms with Gasteiger partial charge in [0.25, 0.3) is 0 Å². The maximum Gasteiger partial charge on any atom is 0.170 e. The lowest BCUT2D eigenvalue weighted by molar-refractivity contribution is -0.272. The van der Waals surface area contributed by atoms with Gasteiger partial charge in [0.2, 0.25) is 0 Å². The summed E-state index contributed by atoms with van der Waals surface area (Å²) in [4.78, 5) is 0. The van der Waals surface area contributed by atoms with Crippen LogP contribution in [-0.2, 0) is 9.47 Å². The third-order valence-corrected chi connectivity index (χ3v) is 5.74. The fraction of sp³-hybridized carbons (Fsp3) is 0.909. The third kappa shape index (κ3) is 7.70. The monoisotopic (exact) mass is 340 g/mol. The van der Waals surface area contributed by atoms with E-state index in [1.165, 1.54) is 70.6 Å². The average Bonchev–Trinajstić information content (AvgIpc) is 2.60. The second-order valence-corrected chi connectivity index (χ2v) is 7.36. The zero-order valence-electron chi connectivity index (χ0n) is 17.5. The van der Waals surface area contributed by atoms with Crippen LogP contribution in [0.3, 0.4) is 0 Å². The van der Waals surface area contributed by atoms with Crippen molar-refractivity contribution in [2.24, 2.45) is 5.41 Å². The van der Waals surface area contributed by atoms with Gasteiger partial charge in [-0.3, -0.25) is 0 Å². The first-order chi connectivity index (χ1) is 11.6. The van der Waals surface area contributed by atoms with Gasteiger partial charge in [0.15, 0.2) is 5.79 Å². The maximum atomic E-state index is 5.92. The Bertz CT molecular complexity index is 307. The van der Waals surface area contributed by atoms with E-state index in [9.17, 15) is 0 Å². The first kappa shape index (κ1) is 23.7. The lowest BCUT2D eigenvalue weighted by atomic mass is 9.68. The Labute approximate surface area is 152 Å². The molecule has 1 atom stereocenters. The van der Waals surface area contributed by atoms with Crippen LogP contribution in [0.15, 0.2) is 12.2 Å². The Morgan fingerprint density at radius 2 is 1.33 bits per heavy atom. The molecular formula is C22H44O2. The van der Waals surface area contributed by atoms with E-state index in [4.69, 9.17) is 9.47 Å². The van der Waals surface area contributed by atoms with Crippen molar-refractivity contribution < 1.29 is 9.47 Å². The van der Waals surface area contributed by atoms with Crippen LogP contribution in [-0.4, -0.2) is 20.0 Å². The van der Waals surface area contributed by atoms with Crippen molar-refractivity contribution >= 4 is 0 Å². The van der Waals surface area contributed by atoms with Crippen LogP contribution in [0.2, 0.25) is 0 Å². The van der Waals surface area contributed by atoms with Crippen LogP contribution in [0, 0.1) is 5.41 Å². The van der Waals surface area contributed by atoms with Gasteiger partial charge >= 0.3 is 0 Å². The number of ether oxygens (including phenoxy) is 2. The maximum absolute atomic E-state index is 5.92. The van der Waals surface area contributed by atoms with E-state index in [1.54, 1.807) is 14.2 Å². The molecule has 0 rings (SSSR count). The van der Waals surface area contributed by atoms with Crippen molar-refractivity contribution in [1.29, 1.82) is 0 Å². The summed E-state index contributed by atoms with van der Waals surface area (Å²) in [6.45, 7) is 8.81. The predicted molar refractivity (Wildman–Crippen MR) is 106 cm³/mol. The van der Waals surface area contributed by atoms with Crippen LogP contribution in [0.25, 0.3) is 0 Å². The molecule has 0 aliphatic carbocycles. The van der Waals surface area contributed by atoms with Crippen LogP contribution in [0.1, 0.15) is 105 Å². The Hall–Kier alpha value is -0.340. The highest BCUT2D eigenvalue weighted by Gasteiger charge is 2.47. The minimum Gasteiger partial charge on any atom is -0.353 e. The van der Waals surface area contributed by atoms with Gasteiger partial charge < -0.3 is 9.47 Å². The van der Waals surface area contributed by atoms with Gasteiger partial charge in [-0.1, -0.05) is 70.9 Å². The molecule has 0 saturated heterocycles. The second kappa shape index (κ2) is 13.9. The number of rotatable bonds is 16. The number of hydrogen-bond acceptors (Lipinski definition) is 2. The molecular weight excluding hydrogens is 296 g/mol. The van der Waals surface area contributed by atoms with E-state index in [0.29, 0.717) is 0 Å². The molecule has 0 radical (unpaired) electrons. The fourth-order valence-electron chi connectivity index (χ4n) is 4.02. The molecule has 0 N–H and O–H groups in total. The minimum atomic E-state index is -0.484. The fourth-order valence-corrected chi connectivity index (χ4v) is 4.02. The van der Waals surface area contributed by atoms with Gasteiger partial charge in [0, 0.05) is 19.6 Å². The second-order valence-electron chi connectivity index (χ2n) is 7.36. The van der Waals surface area contributed by atoms with Gasteiger partial charge in [0.1, 0.15) is 0 Å². The quantitative estimate of drug-likeness (QED) is 0.167. The molecule has 0 fully saturated rings. The molecule has 2 heteroatoms. The summed E-state index contributed by atoms with van der Waals surface area (Å²) in [6.07, 6.45) is 19.6. The molecule has 0 bridgehead atoms. The molecule has 0 spiro atoms. The summed E-state index contributed by atoms with van der Waals surface area (Å²) in [5.41, 5.74) is 0.123. The van der Waals surface area contributed by atoms with E-state index in [0.717, 1.165) is 6.42 Å². The van der Waals surface area contributed by atoms with Gasteiger partial charge in [-0.05, 0) is 46.0 Å². The highest BCUT2D eigenvalue weighted by molar-refractivity contribution is 4.92. The summed E-state index contributed by atoms with van der Waals surface area (Å²) in [5, 5.41) is 0. The topological polar surface area (TPSA) is 18.5 Å². The molecule has 0 heterocycles. The molecule has 0 aromatic carbocycles. The Morgan fingerprint density at radius 1 is 0.750 bits per heavy atom. The van der Waals surface area contributed by atoms with Crippen LogP contribution >= 0.6 is 0 Å². The first-order valence-electron chi connectivity index (χ1n) is 10.3. The first-order valence-corrected chi connectivity index (χ1v) is 10.3. The van der Waals surface area contributed by atoms with E-state index in [1.807, 2.05) is 0 Å². The van der Waals surface area contributed by atoms with Crippen molar-refractivity contribution in [2.75, 3.05) is 14.2 Å². The molecule has 0 saturated carbocycles. The molecule has 0 amide bonds. The Morgan fingerprint density at radius 3 is 1.88 bits per heavy atom. The number of allylic oxidation sites excluding steroid dienone is 2. The van der Waals surface area contributed by atoms with Crippen LogP contribution in [0.5, 0.6) is 0 Å². The van der Waals surface area contributed by atoms with Crippen molar-refractivity contribution in [1.82, 2.24) is 0 Å². The predicted octanol–water partition coefficient (Wildman–Crippen LogP) is 7.28. The minimum absolute atomic E-state index is 0.123. The van der Waals surface area contributed by atoms with E-state index in [2.05, 4.69) is 39.8 Å². The molecule has 144 valence electrons. The molecule has 0 aromatic heterocycles. The lowest BCUT2D eigenvalue weighted by Crippen LogP contribution is -2.49. The Balaban J connectivity index is 4.91. The number of hydrogen-bond donors (Lipinski definition) is 0. The van der Waals surface area contributed by atoms with Gasteiger partial charge in [-0.15, -0.1) is 0 Å². The SMILES string of the molecule is CC=CCCCC(CCC)(CCCCCCCC)C(C)(OC)OC. The number of unbranched alkanes of at least 4 members (excludes halogenated alkanes) is 6. The van der Waals surface area contributed by atoms with Crippen molar-refractivity contribution in [3.63, 3.8) is 0 Å². The molecule has 0 aromatic rings. The smallest absolute Gasteiger partial charge is 0.170 e. The van der Waals surface area contributed by atoms with Crippen LogP contribution in [0.4, 0.5) is 0 Å². The summed E-state index contributed by atoms with van der Waals surface area (Å²) in [5.74, 6) is -0.484. The summed E-state index contributed by atoms with van der Waals surface area (Å²) < 4.78 is 11.8. The van der Waals surface area contributed by atoms with Gasteiger partial charge in [0.05, 0.1) is 0 Å². The molecule has 0 aliphatic rings. The van der Waals surface area contributed by atoms with Gasteiger partial charge in [-0.25, -0.2) is 0 Å². The summed E-state index contributed by atoms with van der Waals surface area (Å²) >= 11 is 0. The van der Waals surface area contributed by atoms with E-state index >= 15 is 0 Å². The van der Waals surface area contributed by atoms with Crippen molar-refractivity contribution in [2.45, 2.75) is 111 Å². The Kier molecular flexibility index (Phi) is 13.7. The average molecular weight is 341 g/mol. The van der Waals surface area contributed by atoms with Crippen molar-refractivity contribution in [3.05, 3.63) is 12.2 Å². The largest absolute Gasteiger partial charge is 0.353 e. The van der Waals surface area contributed by atoms with E-state index in [-0.39, 0.29) is 5.41 Å². The molecule has 24 heavy (non-hydrogen) atoms. The highest BCUT2D eigenvalue weighted by Crippen LogP contribution is 2.47. The van der Waals surface area contributed by atoms with Crippen LogP contribution < -0.4 is 0 Å². The van der Waals surface area contributed by atoms with Gasteiger partial charge in [-0.2, -0.15) is 0 Å². The van der Waals surface area contributed by atoms with E-state index < -0.39 is 5.79 Å². The lowest BCUT2D eigenvalue weighted by Gasteiger charge is -2.47. The molecule has 1 unspecified atom stereocenters. The third-order valence-electron chi connectivity index (χ3n) is 5.74. The molecule has 0 aliphatic heterocycles. The normalized spacial score (nSPS) is 15.1. The zero-order chi connectivity index (χ0) is 18.3. The standard InChI is InChI=1S/C22H44O2/c1-7-10-12-14-15-17-20-22(18-9-3,19-16-13-11-8-2)21(4,23-5)24-6/h8,11H,7,9-10,12-20H2,1-6H3.